The number of carbonyl (C=O) groups is 2. The van der Waals surface area contributed by atoms with E-state index in [1.54, 1.807) is 18.2 Å². The van der Waals surface area contributed by atoms with Crippen molar-refractivity contribution in [2.75, 3.05) is 6.61 Å². The van der Waals surface area contributed by atoms with Gasteiger partial charge in [0.1, 0.15) is 5.75 Å². The van der Waals surface area contributed by atoms with Gasteiger partial charge < -0.3 is 15.0 Å². The van der Waals surface area contributed by atoms with Crippen molar-refractivity contribution in [1.82, 2.24) is 4.57 Å². The zero-order valence-electron chi connectivity index (χ0n) is 16.6. The van der Waals surface area contributed by atoms with Gasteiger partial charge in [0.05, 0.1) is 5.56 Å². The fourth-order valence-corrected chi connectivity index (χ4v) is 3.31. The molecule has 144 valence electrons. The van der Waals surface area contributed by atoms with Crippen molar-refractivity contribution in [3.8, 4) is 11.4 Å². The summed E-state index contributed by atoms with van der Waals surface area (Å²) >= 11 is 0. The molecule has 5 nitrogen and oxygen atoms in total. The summed E-state index contributed by atoms with van der Waals surface area (Å²) in [7, 11) is 0. The first kappa shape index (κ1) is 19.4. The summed E-state index contributed by atoms with van der Waals surface area (Å²) in [4.78, 5) is 24.4. The largest absolute Gasteiger partial charge is 0.485 e. The minimum Gasteiger partial charge on any atom is -0.485 e. The molecule has 2 N–H and O–H groups in total. The number of carbonyl (C=O) groups excluding carboxylic acids is 2. The van der Waals surface area contributed by atoms with Gasteiger partial charge in [0.2, 0.25) is 5.78 Å². The molecule has 0 aliphatic heterocycles. The van der Waals surface area contributed by atoms with Crippen LogP contribution in [0.5, 0.6) is 5.75 Å². The van der Waals surface area contributed by atoms with Crippen LogP contribution in [0.15, 0.2) is 48.5 Å². The van der Waals surface area contributed by atoms with Gasteiger partial charge in [0.15, 0.2) is 6.61 Å². The zero-order valence-corrected chi connectivity index (χ0v) is 16.6. The number of nitrogens with two attached hydrogens (primary N) is 1. The van der Waals surface area contributed by atoms with Crippen LogP contribution in [0.25, 0.3) is 5.69 Å². The Hall–Kier alpha value is -3.34. The number of ether oxygens (including phenoxy) is 1. The lowest BCUT2D eigenvalue weighted by Crippen LogP contribution is -2.17. The summed E-state index contributed by atoms with van der Waals surface area (Å²) < 4.78 is 7.71. The topological polar surface area (TPSA) is 74.3 Å². The van der Waals surface area contributed by atoms with Crippen molar-refractivity contribution in [2.45, 2.75) is 27.7 Å². The molecule has 1 aromatic heterocycles. The Kier molecular flexibility index (Phi) is 5.36. The van der Waals surface area contributed by atoms with Gasteiger partial charge in [-0.2, -0.15) is 0 Å². The molecule has 3 rings (SSSR count). The number of aryl methyl sites for hydroxylation is 3. The molecule has 2 aromatic carbocycles. The average molecular weight is 376 g/mol. The van der Waals surface area contributed by atoms with E-state index in [0.717, 1.165) is 22.6 Å². The molecule has 5 heteroatoms. The highest BCUT2D eigenvalue weighted by Crippen LogP contribution is 2.23. The second kappa shape index (κ2) is 7.72. The van der Waals surface area contributed by atoms with Crippen LogP contribution >= 0.6 is 0 Å². The first-order chi connectivity index (χ1) is 13.3. The van der Waals surface area contributed by atoms with Crippen LogP contribution in [-0.4, -0.2) is 22.9 Å². The number of amides is 1. The summed E-state index contributed by atoms with van der Waals surface area (Å²) in [5, 5.41) is 0. The van der Waals surface area contributed by atoms with E-state index in [1.807, 2.05) is 62.6 Å². The van der Waals surface area contributed by atoms with Gasteiger partial charge in [0.25, 0.3) is 5.91 Å². The maximum absolute atomic E-state index is 12.8. The van der Waals surface area contributed by atoms with Crippen LogP contribution in [0.3, 0.4) is 0 Å². The molecule has 0 fully saturated rings. The quantitative estimate of drug-likeness (QED) is 0.659. The summed E-state index contributed by atoms with van der Waals surface area (Å²) in [5.41, 5.74) is 11.2. The average Bonchev–Trinajstić information content (AvgIpc) is 2.95. The Morgan fingerprint density at radius 3 is 2.18 bits per heavy atom. The van der Waals surface area contributed by atoms with Crippen LogP contribution in [-0.2, 0) is 0 Å². The lowest BCUT2D eigenvalue weighted by atomic mass is 10.1. The number of ketones is 1. The fraction of sp³-hybridized carbons (Fsp3) is 0.217. The fourth-order valence-electron chi connectivity index (χ4n) is 3.31. The molecular weight excluding hydrogens is 352 g/mol. The van der Waals surface area contributed by atoms with E-state index in [0.29, 0.717) is 11.3 Å². The highest BCUT2D eigenvalue weighted by Gasteiger charge is 2.18. The van der Waals surface area contributed by atoms with E-state index < -0.39 is 5.91 Å². The molecule has 0 unspecified atom stereocenters. The van der Waals surface area contributed by atoms with Crippen LogP contribution in [0.4, 0.5) is 0 Å². The van der Waals surface area contributed by atoms with Gasteiger partial charge >= 0.3 is 0 Å². The van der Waals surface area contributed by atoms with Crippen molar-refractivity contribution in [3.05, 3.63) is 82.2 Å². The van der Waals surface area contributed by atoms with Gasteiger partial charge in [-0.1, -0.05) is 23.8 Å². The van der Waals surface area contributed by atoms with Crippen molar-refractivity contribution < 1.29 is 14.3 Å². The molecule has 0 radical (unpaired) electrons. The summed E-state index contributed by atoms with van der Waals surface area (Å²) in [6.07, 6.45) is 0. The first-order valence-corrected chi connectivity index (χ1v) is 9.10. The Morgan fingerprint density at radius 1 is 0.893 bits per heavy atom. The van der Waals surface area contributed by atoms with Gasteiger partial charge in [-0.3, -0.25) is 9.59 Å². The molecule has 0 spiro atoms. The van der Waals surface area contributed by atoms with Gasteiger partial charge in [-0.05, 0) is 63.6 Å². The van der Waals surface area contributed by atoms with Gasteiger partial charge in [-0.25, -0.2) is 0 Å². The maximum Gasteiger partial charge on any atom is 0.252 e. The first-order valence-electron chi connectivity index (χ1n) is 9.10. The van der Waals surface area contributed by atoms with Crippen molar-refractivity contribution in [3.63, 3.8) is 0 Å². The number of nitrogens with zero attached hydrogens (tertiary/aromatic N) is 1. The highest BCUT2D eigenvalue weighted by molar-refractivity contribution is 5.99. The smallest absolute Gasteiger partial charge is 0.252 e. The molecular formula is C23H24N2O3. The molecule has 0 bridgehead atoms. The molecule has 1 amide bonds. The second-order valence-corrected chi connectivity index (χ2v) is 7.03. The third kappa shape index (κ3) is 3.83. The van der Waals surface area contributed by atoms with Gasteiger partial charge in [-0.15, -0.1) is 0 Å². The Labute approximate surface area is 164 Å². The number of Topliss-reactive ketones (excluding diaryl/α,β-unsaturated/α-hetero) is 1. The van der Waals surface area contributed by atoms with E-state index >= 15 is 0 Å². The molecule has 0 aliphatic carbocycles. The Bertz CT molecular complexity index is 1050. The molecule has 0 saturated heterocycles. The van der Waals surface area contributed by atoms with E-state index in [1.165, 1.54) is 5.56 Å². The van der Waals surface area contributed by atoms with Crippen LogP contribution in [0.1, 0.15) is 43.2 Å². The summed E-state index contributed by atoms with van der Waals surface area (Å²) in [6.45, 7) is 7.64. The molecule has 28 heavy (non-hydrogen) atoms. The molecule has 3 aromatic rings. The highest BCUT2D eigenvalue weighted by atomic mass is 16.5. The minimum absolute atomic E-state index is 0.150. The number of hydrogen-bond donors (Lipinski definition) is 1. The number of hydrogen-bond acceptors (Lipinski definition) is 3. The van der Waals surface area contributed by atoms with Crippen molar-refractivity contribution in [1.29, 1.82) is 0 Å². The predicted octanol–water partition coefficient (Wildman–Crippen LogP) is 4.07. The Morgan fingerprint density at radius 2 is 1.54 bits per heavy atom. The van der Waals surface area contributed by atoms with Crippen LogP contribution in [0.2, 0.25) is 0 Å². The number of benzene rings is 2. The van der Waals surface area contributed by atoms with Crippen LogP contribution in [0, 0.1) is 27.7 Å². The number of primary amides is 1. The maximum atomic E-state index is 12.8. The summed E-state index contributed by atoms with van der Waals surface area (Å²) in [6, 6.07) is 15.1. The Balaban J connectivity index is 1.85. The van der Waals surface area contributed by atoms with Gasteiger partial charge in [0, 0.05) is 22.6 Å². The molecule has 0 saturated carbocycles. The number of rotatable bonds is 6. The molecule has 0 atom stereocenters. The SMILES string of the molecule is Cc1ccc(-n2c(C)cc(C(=O)COc3cc(C)ccc3C(N)=O)c2C)cc1. The van der Waals surface area contributed by atoms with E-state index in [9.17, 15) is 9.59 Å². The summed E-state index contributed by atoms with van der Waals surface area (Å²) in [5.74, 6) is -0.406. The molecule has 0 aliphatic rings. The monoisotopic (exact) mass is 376 g/mol. The van der Waals surface area contributed by atoms with Crippen molar-refractivity contribution in [2.24, 2.45) is 5.73 Å². The van der Waals surface area contributed by atoms with Crippen molar-refractivity contribution >= 4 is 11.7 Å². The standard InChI is InChI=1S/C23H24N2O3/c1-14-5-8-18(9-6-14)25-16(3)12-20(17(25)4)21(26)13-28-22-11-15(2)7-10-19(22)23(24)27/h5-12H,13H2,1-4H3,(H2,24,27). The minimum atomic E-state index is -0.583. The predicted molar refractivity (Wildman–Crippen MR) is 110 cm³/mol. The van der Waals surface area contributed by atoms with E-state index in [4.69, 9.17) is 10.5 Å². The lowest BCUT2D eigenvalue weighted by molar-refractivity contribution is 0.0911. The number of aromatic nitrogens is 1. The second-order valence-electron chi connectivity index (χ2n) is 7.03. The van der Waals surface area contributed by atoms with Crippen LogP contribution < -0.4 is 10.5 Å². The van der Waals surface area contributed by atoms with E-state index in [2.05, 4.69) is 0 Å². The lowest BCUT2D eigenvalue weighted by Gasteiger charge is -2.11. The van der Waals surface area contributed by atoms with E-state index in [-0.39, 0.29) is 18.0 Å². The molecule has 1 heterocycles. The zero-order chi connectivity index (χ0) is 20.4. The third-order valence-electron chi connectivity index (χ3n) is 4.79. The third-order valence-corrected chi connectivity index (χ3v) is 4.79. The normalized spacial score (nSPS) is 10.7.